The van der Waals surface area contributed by atoms with E-state index in [1.807, 2.05) is 0 Å². The van der Waals surface area contributed by atoms with E-state index in [1.54, 1.807) is 0 Å². The summed E-state index contributed by atoms with van der Waals surface area (Å²) in [6.07, 6.45) is 7.24. The summed E-state index contributed by atoms with van der Waals surface area (Å²) in [5.41, 5.74) is 2.45. The molecule has 0 aromatic heterocycles. The first-order valence-corrected chi connectivity index (χ1v) is 6.62. The van der Waals surface area contributed by atoms with E-state index in [4.69, 9.17) is 0 Å². The predicted molar refractivity (Wildman–Crippen MR) is 77.4 cm³/mol. The Balaban J connectivity index is 2.00. The van der Waals surface area contributed by atoms with Crippen LogP contribution < -0.4 is 0 Å². The van der Waals surface area contributed by atoms with Crippen molar-refractivity contribution in [1.29, 1.82) is 0 Å². The van der Waals surface area contributed by atoms with Crippen molar-refractivity contribution in [2.75, 3.05) is 0 Å². The fourth-order valence-electron chi connectivity index (χ4n) is 2.43. The summed E-state index contributed by atoms with van der Waals surface area (Å²) in [6.45, 7) is 0. The quantitative estimate of drug-likeness (QED) is 0.578. The van der Waals surface area contributed by atoms with E-state index in [0.717, 1.165) is 12.0 Å². The molecule has 88 valence electrons. The van der Waals surface area contributed by atoms with E-state index in [0.29, 0.717) is 0 Å². The monoisotopic (exact) mass is 232 g/mol. The van der Waals surface area contributed by atoms with Crippen molar-refractivity contribution in [3.8, 4) is 11.8 Å². The summed E-state index contributed by atoms with van der Waals surface area (Å²) in [4.78, 5) is 0. The number of allylic oxidation sites excluding steroid dienone is 2. The first kappa shape index (κ1) is 11.1. The SMILES string of the molecule is C(#Cc1cccc2ccccc12)C1=CCCCC1. The Bertz CT molecular complexity index is 645. The Morgan fingerprint density at radius 3 is 2.61 bits per heavy atom. The third-order valence-corrected chi connectivity index (χ3v) is 3.44. The first-order chi connectivity index (χ1) is 8.93. The van der Waals surface area contributed by atoms with Gasteiger partial charge in [-0.1, -0.05) is 54.3 Å². The largest absolute Gasteiger partial charge is 0.0729 e. The van der Waals surface area contributed by atoms with Gasteiger partial charge in [-0.2, -0.15) is 0 Å². The predicted octanol–water partition coefficient (Wildman–Crippen LogP) is 4.69. The van der Waals surface area contributed by atoms with Crippen molar-refractivity contribution in [1.82, 2.24) is 0 Å². The number of fused-ring (bicyclic) bond motifs is 1. The van der Waals surface area contributed by atoms with Crippen LogP contribution in [0.25, 0.3) is 10.8 Å². The molecular formula is C18H16. The Kier molecular flexibility index (Phi) is 3.15. The lowest BCUT2D eigenvalue weighted by molar-refractivity contribution is 0.715. The van der Waals surface area contributed by atoms with Gasteiger partial charge in [-0.25, -0.2) is 0 Å². The van der Waals surface area contributed by atoms with Crippen LogP contribution in [0.5, 0.6) is 0 Å². The summed E-state index contributed by atoms with van der Waals surface area (Å²) >= 11 is 0. The van der Waals surface area contributed by atoms with Gasteiger partial charge in [-0.3, -0.25) is 0 Å². The maximum Gasteiger partial charge on any atom is 0.0327 e. The number of hydrogen-bond acceptors (Lipinski definition) is 0. The number of benzene rings is 2. The standard InChI is InChI=1S/C18H16/c1-2-7-15(8-3-1)13-14-17-11-6-10-16-9-4-5-12-18(16)17/h4-7,9-12H,1-3,8H2. The van der Waals surface area contributed by atoms with Gasteiger partial charge in [0, 0.05) is 5.56 Å². The fraction of sp³-hybridized carbons (Fsp3) is 0.222. The normalized spacial score (nSPS) is 14.8. The van der Waals surface area contributed by atoms with E-state index in [-0.39, 0.29) is 0 Å². The van der Waals surface area contributed by atoms with Crippen LogP contribution in [0.15, 0.2) is 54.1 Å². The molecule has 0 aliphatic heterocycles. The zero-order chi connectivity index (χ0) is 12.2. The van der Waals surface area contributed by atoms with E-state index in [9.17, 15) is 0 Å². The van der Waals surface area contributed by atoms with E-state index in [2.05, 4.69) is 60.4 Å². The van der Waals surface area contributed by atoms with Crippen molar-refractivity contribution in [2.24, 2.45) is 0 Å². The molecule has 1 aliphatic carbocycles. The minimum absolute atomic E-state index is 1.14. The van der Waals surface area contributed by atoms with Crippen LogP contribution in [0.3, 0.4) is 0 Å². The van der Waals surface area contributed by atoms with Gasteiger partial charge in [0.1, 0.15) is 0 Å². The van der Waals surface area contributed by atoms with Crippen molar-refractivity contribution in [2.45, 2.75) is 25.7 Å². The highest BCUT2D eigenvalue weighted by Gasteiger charge is 2.00. The molecule has 18 heavy (non-hydrogen) atoms. The Hall–Kier alpha value is -2.00. The van der Waals surface area contributed by atoms with Crippen LogP contribution in [0.1, 0.15) is 31.2 Å². The molecule has 0 saturated carbocycles. The van der Waals surface area contributed by atoms with Crippen LogP contribution in [0, 0.1) is 11.8 Å². The zero-order valence-corrected chi connectivity index (χ0v) is 10.4. The average Bonchev–Trinajstić information content (AvgIpc) is 2.46. The lowest BCUT2D eigenvalue weighted by Crippen LogP contribution is -1.88. The minimum atomic E-state index is 1.14. The molecule has 0 nitrogen and oxygen atoms in total. The van der Waals surface area contributed by atoms with E-state index >= 15 is 0 Å². The Labute approximate surface area is 108 Å². The molecule has 0 radical (unpaired) electrons. The topological polar surface area (TPSA) is 0 Å². The molecule has 0 heterocycles. The lowest BCUT2D eigenvalue weighted by Gasteiger charge is -2.06. The fourth-order valence-corrected chi connectivity index (χ4v) is 2.43. The molecule has 0 heteroatoms. The van der Waals surface area contributed by atoms with Crippen LogP contribution in [-0.2, 0) is 0 Å². The number of rotatable bonds is 0. The van der Waals surface area contributed by atoms with Crippen molar-refractivity contribution in [3.05, 3.63) is 59.7 Å². The second-order valence-electron chi connectivity index (χ2n) is 4.75. The highest BCUT2D eigenvalue weighted by atomic mass is 14.0. The van der Waals surface area contributed by atoms with Gasteiger partial charge in [0.2, 0.25) is 0 Å². The molecule has 0 N–H and O–H groups in total. The van der Waals surface area contributed by atoms with Crippen molar-refractivity contribution >= 4 is 10.8 Å². The van der Waals surface area contributed by atoms with Gasteiger partial charge in [-0.05, 0) is 48.1 Å². The van der Waals surface area contributed by atoms with E-state index in [1.165, 1.54) is 35.6 Å². The molecule has 0 spiro atoms. The molecule has 2 aromatic carbocycles. The minimum Gasteiger partial charge on any atom is -0.0729 e. The summed E-state index contributed by atoms with van der Waals surface area (Å²) < 4.78 is 0. The van der Waals surface area contributed by atoms with Gasteiger partial charge in [0.25, 0.3) is 0 Å². The maximum absolute atomic E-state index is 3.34. The maximum atomic E-state index is 3.34. The van der Waals surface area contributed by atoms with Crippen LogP contribution in [0.4, 0.5) is 0 Å². The molecule has 2 aromatic rings. The molecule has 0 unspecified atom stereocenters. The summed E-state index contributed by atoms with van der Waals surface area (Å²) in [6, 6.07) is 14.8. The summed E-state index contributed by atoms with van der Waals surface area (Å²) in [5.74, 6) is 6.68. The average molecular weight is 232 g/mol. The smallest absolute Gasteiger partial charge is 0.0327 e. The first-order valence-electron chi connectivity index (χ1n) is 6.62. The van der Waals surface area contributed by atoms with Gasteiger partial charge in [0.15, 0.2) is 0 Å². The van der Waals surface area contributed by atoms with E-state index < -0.39 is 0 Å². The third-order valence-electron chi connectivity index (χ3n) is 3.44. The van der Waals surface area contributed by atoms with Gasteiger partial charge in [-0.15, -0.1) is 0 Å². The second kappa shape index (κ2) is 5.10. The Morgan fingerprint density at radius 1 is 0.833 bits per heavy atom. The van der Waals surface area contributed by atoms with Crippen molar-refractivity contribution in [3.63, 3.8) is 0 Å². The van der Waals surface area contributed by atoms with Crippen LogP contribution in [-0.4, -0.2) is 0 Å². The van der Waals surface area contributed by atoms with Gasteiger partial charge < -0.3 is 0 Å². The van der Waals surface area contributed by atoms with Gasteiger partial charge >= 0.3 is 0 Å². The molecule has 3 rings (SSSR count). The summed E-state index contributed by atoms with van der Waals surface area (Å²) in [5, 5.41) is 2.52. The third kappa shape index (κ3) is 2.31. The molecule has 0 amide bonds. The molecule has 1 aliphatic rings. The molecular weight excluding hydrogens is 216 g/mol. The summed E-state index contributed by atoms with van der Waals surface area (Å²) in [7, 11) is 0. The Morgan fingerprint density at radius 2 is 1.72 bits per heavy atom. The highest BCUT2D eigenvalue weighted by Crippen LogP contribution is 2.19. The molecule has 0 bridgehead atoms. The molecule has 0 atom stereocenters. The van der Waals surface area contributed by atoms with Crippen molar-refractivity contribution < 1.29 is 0 Å². The molecule has 0 saturated heterocycles. The number of hydrogen-bond donors (Lipinski definition) is 0. The molecule has 0 fully saturated rings. The van der Waals surface area contributed by atoms with Gasteiger partial charge in [0.05, 0.1) is 0 Å². The highest BCUT2D eigenvalue weighted by molar-refractivity contribution is 5.88. The van der Waals surface area contributed by atoms with Crippen LogP contribution in [0.2, 0.25) is 0 Å². The van der Waals surface area contributed by atoms with Crippen LogP contribution >= 0.6 is 0 Å². The zero-order valence-electron chi connectivity index (χ0n) is 10.4. The lowest BCUT2D eigenvalue weighted by atomic mass is 9.99. The second-order valence-corrected chi connectivity index (χ2v) is 4.75.